The first kappa shape index (κ1) is 12.0. The molecule has 0 fully saturated rings. The fourth-order valence-corrected chi connectivity index (χ4v) is 1.39. The van der Waals surface area contributed by atoms with Crippen LogP contribution in [0.5, 0.6) is 5.75 Å². The number of nitrogens with one attached hydrogen (secondary N) is 1. The van der Waals surface area contributed by atoms with Crippen LogP contribution in [0.2, 0.25) is 0 Å². The highest BCUT2D eigenvalue weighted by Crippen LogP contribution is 2.15. The fourth-order valence-electron chi connectivity index (χ4n) is 1.39. The molecule has 0 bridgehead atoms. The van der Waals surface area contributed by atoms with Crippen molar-refractivity contribution in [3.63, 3.8) is 0 Å². The molecule has 1 amide bonds. The minimum Gasteiger partial charge on any atom is -0.407 e. The van der Waals surface area contributed by atoms with Gasteiger partial charge in [-0.25, -0.2) is 14.8 Å². The molecule has 0 unspecified atom stereocenters. The number of carbonyl (C=O) groups is 1. The molecule has 1 aromatic carbocycles. The van der Waals surface area contributed by atoms with Crippen molar-refractivity contribution in [2.24, 2.45) is 0 Å². The number of benzene rings is 1. The number of hydrogen-bond donors (Lipinski definition) is 1. The Morgan fingerprint density at radius 2 is 1.89 bits per heavy atom. The van der Waals surface area contributed by atoms with Crippen LogP contribution in [0.3, 0.4) is 0 Å². The average Bonchev–Trinajstić information content (AvgIpc) is 2.41. The molecule has 0 atom stereocenters. The van der Waals surface area contributed by atoms with Crippen LogP contribution in [0.4, 0.5) is 4.79 Å². The van der Waals surface area contributed by atoms with Gasteiger partial charge in [0.1, 0.15) is 0 Å². The highest BCUT2D eigenvalue weighted by molar-refractivity contribution is 5.70. The Kier molecular flexibility index (Phi) is 3.86. The molecule has 0 spiro atoms. The topological polar surface area (TPSA) is 64.1 Å². The number of nitrogens with zero attached hydrogens (tertiary/aromatic N) is 2. The molecule has 5 nitrogen and oxygen atoms in total. The van der Waals surface area contributed by atoms with Gasteiger partial charge < -0.3 is 10.1 Å². The number of rotatable bonds is 3. The van der Waals surface area contributed by atoms with Crippen molar-refractivity contribution in [2.75, 3.05) is 6.54 Å². The second-order valence-electron chi connectivity index (χ2n) is 3.53. The van der Waals surface area contributed by atoms with Gasteiger partial charge in [0.05, 0.1) is 12.4 Å². The molecule has 92 valence electrons. The van der Waals surface area contributed by atoms with Crippen molar-refractivity contribution in [3.8, 4) is 17.1 Å². The van der Waals surface area contributed by atoms with Gasteiger partial charge >= 0.3 is 6.09 Å². The molecule has 0 aliphatic heterocycles. The standard InChI is InChI=1S/C13H13N3O2/c1-2-14-13(17)18-11-8-15-12(16-9-11)10-6-4-3-5-7-10/h3-9H,2H2,1H3,(H,14,17). The summed E-state index contributed by atoms with van der Waals surface area (Å²) < 4.78 is 4.97. The Morgan fingerprint density at radius 1 is 1.22 bits per heavy atom. The Morgan fingerprint density at radius 3 is 2.50 bits per heavy atom. The SMILES string of the molecule is CCNC(=O)Oc1cnc(-c2ccccc2)nc1. The normalized spacial score (nSPS) is 9.83. The Hall–Kier alpha value is -2.43. The average molecular weight is 243 g/mol. The summed E-state index contributed by atoms with van der Waals surface area (Å²) in [5.41, 5.74) is 0.919. The van der Waals surface area contributed by atoms with E-state index in [9.17, 15) is 4.79 Å². The van der Waals surface area contributed by atoms with Gasteiger partial charge in [0, 0.05) is 12.1 Å². The minimum atomic E-state index is -0.506. The van der Waals surface area contributed by atoms with Crippen molar-refractivity contribution in [3.05, 3.63) is 42.7 Å². The lowest BCUT2D eigenvalue weighted by atomic mass is 10.2. The predicted octanol–water partition coefficient (Wildman–Crippen LogP) is 2.25. The minimum absolute atomic E-state index is 0.320. The maximum Gasteiger partial charge on any atom is 0.412 e. The van der Waals surface area contributed by atoms with Crippen molar-refractivity contribution in [2.45, 2.75) is 6.92 Å². The second-order valence-corrected chi connectivity index (χ2v) is 3.53. The monoisotopic (exact) mass is 243 g/mol. The Labute approximate surface area is 105 Å². The first-order valence-electron chi connectivity index (χ1n) is 5.62. The third-order valence-corrected chi connectivity index (χ3v) is 2.19. The third-order valence-electron chi connectivity index (χ3n) is 2.19. The van der Waals surface area contributed by atoms with Gasteiger partial charge in [-0.05, 0) is 6.92 Å². The Bertz CT molecular complexity index is 512. The van der Waals surface area contributed by atoms with Crippen LogP contribution < -0.4 is 10.1 Å². The maximum atomic E-state index is 11.2. The smallest absolute Gasteiger partial charge is 0.407 e. The second kappa shape index (κ2) is 5.77. The van der Waals surface area contributed by atoms with Gasteiger partial charge in [0.2, 0.25) is 0 Å². The predicted molar refractivity (Wildman–Crippen MR) is 67.2 cm³/mol. The molecule has 2 rings (SSSR count). The zero-order valence-corrected chi connectivity index (χ0v) is 9.96. The lowest BCUT2D eigenvalue weighted by Crippen LogP contribution is -2.26. The lowest BCUT2D eigenvalue weighted by Gasteiger charge is -2.04. The maximum absolute atomic E-state index is 11.2. The zero-order chi connectivity index (χ0) is 12.8. The van der Waals surface area contributed by atoms with Crippen LogP contribution in [-0.4, -0.2) is 22.6 Å². The summed E-state index contributed by atoms with van der Waals surface area (Å²) in [5, 5.41) is 2.52. The molecule has 2 aromatic rings. The van der Waals surface area contributed by atoms with E-state index in [1.807, 2.05) is 37.3 Å². The number of ether oxygens (including phenoxy) is 1. The quantitative estimate of drug-likeness (QED) is 0.898. The third kappa shape index (κ3) is 3.04. The molecule has 0 saturated carbocycles. The van der Waals surface area contributed by atoms with Gasteiger partial charge in [-0.15, -0.1) is 0 Å². The van der Waals surface area contributed by atoms with E-state index in [4.69, 9.17) is 4.74 Å². The van der Waals surface area contributed by atoms with E-state index in [2.05, 4.69) is 15.3 Å². The number of hydrogen-bond acceptors (Lipinski definition) is 4. The summed E-state index contributed by atoms with van der Waals surface area (Å²) in [5.74, 6) is 0.916. The van der Waals surface area contributed by atoms with Crippen LogP contribution in [0.25, 0.3) is 11.4 Å². The van der Waals surface area contributed by atoms with Crippen LogP contribution in [-0.2, 0) is 0 Å². The first-order valence-corrected chi connectivity index (χ1v) is 5.62. The molecule has 1 heterocycles. The Balaban J connectivity index is 2.09. The summed E-state index contributed by atoms with van der Waals surface area (Å²) in [7, 11) is 0. The van der Waals surface area contributed by atoms with E-state index in [1.165, 1.54) is 12.4 Å². The van der Waals surface area contributed by atoms with E-state index in [0.717, 1.165) is 5.56 Å². The van der Waals surface area contributed by atoms with E-state index < -0.39 is 6.09 Å². The molecule has 0 saturated heterocycles. The molecule has 0 radical (unpaired) electrons. The summed E-state index contributed by atoms with van der Waals surface area (Å²) in [4.78, 5) is 19.5. The fraction of sp³-hybridized carbons (Fsp3) is 0.154. The van der Waals surface area contributed by atoms with Crippen molar-refractivity contribution >= 4 is 6.09 Å². The molecule has 0 aliphatic rings. The molecule has 0 aliphatic carbocycles. The van der Waals surface area contributed by atoms with Crippen molar-refractivity contribution in [1.29, 1.82) is 0 Å². The molecule has 5 heteroatoms. The number of aromatic nitrogens is 2. The van der Waals surface area contributed by atoms with Gasteiger partial charge in [-0.3, -0.25) is 0 Å². The molecular formula is C13H13N3O2. The summed E-state index contributed by atoms with van der Waals surface area (Å²) in [6, 6.07) is 9.59. The van der Waals surface area contributed by atoms with Gasteiger partial charge in [-0.2, -0.15) is 0 Å². The highest BCUT2D eigenvalue weighted by Gasteiger charge is 2.05. The van der Waals surface area contributed by atoms with Gasteiger partial charge in [-0.1, -0.05) is 30.3 Å². The molecule has 1 N–H and O–H groups in total. The summed E-state index contributed by atoms with van der Waals surface area (Å²) in [6.07, 6.45) is 2.45. The van der Waals surface area contributed by atoms with Crippen LogP contribution in [0.1, 0.15) is 6.92 Å². The largest absolute Gasteiger partial charge is 0.412 e. The van der Waals surface area contributed by atoms with E-state index in [1.54, 1.807) is 0 Å². The van der Waals surface area contributed by atoms with Crippen LogP contribution in [0.15, 0.2) is 42.7 Å². The zero-order valence-electron chi connectivity index (χ0n) is 9.96. The molecule has 1 aromatic heterocycles. The van der Waals surface area contributed by atoms with Gasteiger partial charge in [0.15, 0.2) is 11.6 Å². The molecule has 18 heavy (non-hydrogen) atoms. The number of carbonyl (C=O) groups excluding carboxylic acids is 1. The van der Waals surface area contributed by atoms with E-state index in [0.29, 0.717) is 18.1 Å². The van der Waals surface area contributed by atoms with Crippen molar-refractivity contribution < 1.29 is 9.53 Å². The van der Waals surface area contributed by atoms with E-state index in [-0.39, 0.29) is 0 Å². The van der Waals surface area contributed by atoms with Crippen molar-refractivity contribution in [1.82, 2.24) is 15.3 Å². The number of amides is 1. The summed E-state index contributed by atoms with van der Waals surface area (Å²) >= 11 is 0. The lowest BCUT2D eigenvalue weighted by molar-refractivity contribution is 0.201. The summed E-state index contributed by atoms with van der Waals surface area (Å²) in [6.45, 7) is 2.33. The molecular weight excluding hydrogens is 230 g/mol. The van der Waals surface area contributed by atoms with Crippen LogP contribution in [0, 0.1) is 0 Å². The highest BCUT2D eigenvalue weighted by atomic mass is 16.6. The van der Waals surface area contributed by atoms with E-state index >= 15 is 0 Å². The van der Waals surface area contributed by atoms with Gasteiger partial charge in [0.25, 0.3) is 0 Å². The first-order chi connectivity index (χ1) is 8.79. The van der Waals surface area contributed by atoms with Crippen LogP contribution >= 0.6 is 0 Å².